The van der Waals surface area contributed by atoms with Crippen molar-refractivity contribution in [3.05, 3.63) is 48.0 Å². The van der Waals surface area contributed by atoms with E-state index in [1.165, 1.54) is 0 Å². The quantitative estimate of drug-likeness (QED) is 0.624. The SMILES string of the molecule is O=C1NC(C=CCOCc2ccccc2)CO1. The minimum absolute atomic E-state index is 0.0252. The molecule has 17 heavy (non-hydrogen) atoms. The van der Waals surface area contributed by atoms with Crippen LogP contribution in [0, 0.1) is 0 Å². The molecule has 4 heteroatoms. The second-order valence-corrected chi connectivity index (χ2v) is 3.78. The van der Waals surface area contributed by atoms with E-state index in [4.69, 9.17) is 9.47 Å². The summed E-state index contributed by atoms with van der Waals surface area (Å²) in [5.41, 5.74) is 1.15. The summed E-state index contributed by atoms with van der Waals surface area (Å²) in [6.07, 6.45) is 3.42. The van der Waals surface area contributed by atoms with Crippen molar-refractivity contribution in [3.63, 3.8) is 0 Å². The summed E-state index contributed by atoms with van der Waals surface area (Å²) in [5, 5.41) is 2.66. The molecule has 1 aliphatic heterocycles. The number of hydrogen-bond acceptors (Lipinski definition) is 3. The van der Waals surface area contributed by atoms with Gasteiger partial charge in [-0.3, -0.25) is 0 Å². The van der Waals surface area contributed by atoms with E-state index in [9.17, 15) is 4.79 Å². The zero-order valence-electron chi connectivity index (χ0n) is 9.46. The molecule has 2 rings (SSSR count). The molecular formula is C13H15NO3. The van der Waals surface area contributed by atoms with E-state index in [1.807, 2.05) is 42.5 Å². The molecular weight excluding hydrogens is 218 g/mol. The summed E-state index contributed by atoms with van der Waals surface area (Å²) in [4.78, 5) is 10.7. The third-order valence-electron chi connectivity index (χ3n) is 2.39. The molecule has 1 aromatic rings. The molecule has 0 radical (unpaired) electrons. The Morgan fingerprint density at radius 2 is 2.24 bits per heavy atom. The first-order chi connectivity index (χ1) is 8.34. The van der Waals surface area contributed by atoms with E-state index in [1.54, 1.807) is 0 Å². The number of rotatable bonds is 5. The molecule has 1 amide bonds. The summed E-state index contributed by atoms with van der Waals surface area (Å²) >= 11 is 0. The largest absolute Gasteiger partial charge is 0.447 e. The molecule has 1 saturated heterocycles. The fourth-order valence-corrected chi connectivity index (χ4v) is 1.54. The lowest BCUT2D eigenvalue weighted by Crippen LogP contribution is -2.23. The summed E-state index contributed by atoms with van der Waals surface area (Å²) in [6, 6.07) is 9.97. The first-order valence-corrected chi connectivity index (χ1v) is 5.56. The van der Waals surface area contributed by atoms with Crippen LogP contribution in [0.3, 0.4) is 0 Å². The third kappa shape index (κ3) is 3.92. The minimum atomic E-state index is -0.357. The summed E-state index contributed by atoms with van der Waals surface area (Å²) in [6.45, 7) is 1.52. The zero-order chi connectivity index (χ0) is 11.9. The number of amides is 1. The van der Waals surface area contributed by atoms with Gasteiger partial charge in [0.05, 0.1) is 19.3 Å². The van der Waals surface area contributed by atoms with Crippen molar-refractivity contribution in [3.8, 4) is 0 Å². The van der Waals surface area contributed by atoms with E-state index >= 15 is 0 Å². The predicted octanol–water partition coefficient (Wildman–Crippen LogP) is 1.87. The van der Waals surface area contributed by atoms with Gasteiger partial charge in [-0.2, -0.15) is 0 Å². The average molecular weight is 233 g/mol. The Kier molecular flexibility index (Phi) is 4.16. The van der Waals surface area contributed by atoms with Crippen LogP contribution in [0.1, 0.15) is 5.56 Å². The van der Waals surface area contributed by atoms with Crippen LogP contribution in [-0.2, 0) is 16.1 Å². The van der Waals surface area contributed by atoms with Crippen molar-refractivity contribution >= 4 is 6.09 Å². The number of carbonyl (C=O) groups excluding carboxylic acids is 1. The maximum atomic E-state index is 10.7. The van der Waals surface area contributed by atoms with Gasteiger partial charge in [-0.1, -0.05) is 42.5 Å². The first kappa shape index (κ1) is 11.7. The molecule has 1 N–H and O–H groups in total. The molecule has 1 heterocycles. The standard InChI is InChI=1S/C13H15NO3/c15-13-14-12(10-17-13)7-4-8-16-9-11-5-2-1-3-6-11/h1-7,12H,8-10H2,(H,14,15). The van der Waals surface area contributed by atoms with Gasteiger partial charge in [-0.05, 0) is 5.56 Å². The fourth-order valence-electron chi connectivity index (χ4n) is 1.54. The molecule has 1 unspecified atom stereocenters. The number of cyclic esters (lactones) is 1. The summed E-state index contributed by atoms with van der Waals surface area (Å²) in [5.74, 6) is 0. The van der Waals surface area contributed by atoms with Gasteiger partial charge in [0.15, 0.2) is 0 Å². The van der Waals surface area contributed by atoms with Crippen LogP contribution in [0.4, 0.5) is 4.79 Å². The van der Waals surface area contributed by atoms with Crippen molar-refractivity contribution in [1.29, 1.82) is 0 Å². The number of hydrogen-bond donors (Lipinski definition) is 1. The zero-order valence-corrected chi connectivity index (χ0v) is 9.46. The second kappa shape index (κ2) is 6.06. The van der Waals surface area contributed by atoms with Crippen LogP contribution in [0.15, 0.2) is 42.5 Å². The molecule has 1 fully saturated rings. The molecule has 0 bridgehead atoms. The van der Waals surface area contributed by atoms with Crippen LogP contribution >= 0.6 is 0 Å². The van der Waals surface area contributed by atoms with Gasteiger partial charge < -0.3 is 14.8 Å². The highest BCUT2D eigenvalue weighted by molar-refractivity contribution is 5.70. The Morgan fingerprint density at radius 3 is 2.94 bits per heavy atom. The number of benzene rings is 1. The molecule has 0 spiro atoms. The lowest BCUT2D eigenvalue weighted by molar-refractivity contribution is 0.148. The van der Waals surface area contributed by atoms with Crippen LogP contribution in [0.5, 0.6) is 0 Å². The van der Waals surface area contributed by atoms with E-state index in [0.29, 0.717) is 19.8 Å². The lowest BCUT2D eigenvalue weighted by Gasteiger charge is -2.02. The average Bonchev–Trinajstić information content (AvgIpc) is 2.76. The molecule has 1 atom stereocenters. The third-order valence-corrected chi connectivity index (χ3v) is 2.39. The Morgan fingerprint density at radius 1 is 1.41 bits per heavy atom. The molecule has 0 saturated carbocycles. The van der Waals surface area contributed by atoms with Gasteiger partial charge >= 0.3 is 6.09 Å². The van der Waals surface area contributed by atoms with E-state index in [0.717, 1.165) is 5.56 Å². The predicted molar refractivity (Wildman–Crippen MR) is 63.5 cm³/mol. The van der Waals surface area contributed by atoms with Gasteiger partial charge in [0.25, 0.3) is 0 Å². The van der Waals surface area contributed by atoms with Crippen LogP contribution < -0.4 is 5.32 Å². The van der Waals surface area contributed by atoms with Gasteiger partial charge in [0, 0.05) is 0 Å². The van der Waals surface area contributed by atoms with Crippen LogP contribution in [0.2, 0.25) is 0 Å². The number of ether oxygens (including phenoxy) is 2. The van der Waals surface area contributed by atoms with Crippen molar-refractivity contribution in [2.24, 2.45) is 0 Å². The Labute approximate surface area is 100 Å². The van der Waals surface area contributed by atoms with Crippen LogP contribution in [-0.4, -0.2) is 25.3 Å². The fraction of sp³-hybridized carbons (Fsp3) is 0.308. The smallest absolute Gasteiger partial charge is 0.407 e. The first-order valence-electron chi connectivity index (χ1n) is 5.56. The topological polar surface area (TPSA) is 47.6 Å². The second-order valence-electron chi connectivity index (χ2n) is 3.78. The van der Waals surface area contributed by atoms with Crippen molar-refractivity contribution in [2.75, 3.05) is 13.2 Å². The Bertz CT molecular complexity index is 389. The van der Waals surface area contributed by atoms with Crippen molar-refractivity contribution in [2.45, 2.75) is 12.6 Å². The van der Waals surface area contributed by atoms with Crippen molar-refractivity contribution < 1.29 is 14.3 Å². The van der Waals surface area contributed by atoms with E-state index in [-0.39, 0.29) is 12.1 Å². The highest BCUT2D eigenvalue weighted by Crippen LogP contribution is 2.01. The van der Waals surface area contributed by atoms with Gasteiger partial charge in [0.2, 0.25) is 0 Å². The van der Waals surface area contributed by atoms with E-state index in [2.05, 4.69) is 5.32 Å². The number of nitrogens with one attached hydrogen (secondary N) is 1. The minimum Gasteiger partial charge on any atom is -0.447 e. The molecule has 90 valence electrons. The molecule has 1 aliphatic rings. The Hall–Kier alpha value is -1.81. The summed E-state index contributed by atoms with van der Waals surface area (Å²) < 4.78 is 10.2. The maximum Gasteiger partial charge on any atom is 0.407 e. The normalized spacial score (nSPS) is 19.3. The van der Waals surface area contributed by atoms with Gasteiger partial charge in [0.1, 0.15) is 6.61 Å². The van der Waals surface area contributed by atoms with E-state index < -0.39 is 0 Å². The lowest BCUT2D eigenvalue weighted by atomic mass is 10.2. The highest BCUT2D eigenvalue weighted by atomic mass is 16.6. The number of alkyl carbamates (subject to hydrolysis) is 1. The summed E-state index contributed by atoms with van der Waals surface area (Å²) in [7, 11) is 0. The molecule has 0 aliphatic carbocycles. The monoisotopic (exact) mass is 233 g/mol. The van der Waals surface area contributed by atoms with Crippen molar-refractivity contribution in [1.82, 2.24) is 5.32 Å². The maximum absolute atomic E-state index is 10.7. The molecule has 0 aromatic heterocycles. The van der Waals surface area contributed by atoms with Gasteiger partial charge in [-0.25, -0.2) is 4.79 Å². The molecule has 4 nitrogen and oxygen atoms in total. The van der Waals surface area contributed by atoms with Gasteiger partial charge in [-0.15, -0.1) is 0 Å². The Balaban J connectivity index is 1.63. The molecule has 1 aromatic carbocycles. The number of carbonyl (C=O) groups is 1. The van der Waals surface area contributed by atoms with Crippen LogP contribution in [0.25, 0.3) is 0 Å². The highest BCUT2D eigenvalue weighted by Gasteiger charge is 2.18.